The summed E-state index contributed by atoms with van der Waals surface area (Å²) < 4.78 is 5.84. The topological polar surface area (TPSA) is 12.9 Å². The minimum Gasteiger partial charge on any atom is -0.196 e. The molecule has 0 unspecified atom stereocenters. The van der Waals surface area contributed by atoms with Crippen LogP contribution in [0, 0.1) is 0 Å². The molecular formula is C15H13NS. The lowest BCUT2D eigenvalue weighted by Gasteiger charge is -1.99. The van der Waals surface area contributed by atoms with Crippen molar-refractivity contribution in [3.05, 3.63) is 65.9 Å². The second-order valence-electron chi connectivity index (χ2n) is 4.11. The smallest absolute Gasteiger partial charge is 0.0624 e. The van der Waals surface area contributed by atoms with Gasteiger partial charge in [0.15, 0.2) is 0 Å². The molecule has 0 aliphatic carbocycles. The van der Waals surface area contributed by atoms with Crippen molar-refractivity contribution in [2.75, 3.05) is 0 Å². The van der Waals surface area contributed by atoms with E-state index in [0.29, 0.717) is 0 Å². The Morgan fingerprint density at radius 3 is 2.47 bits per heavy atom. The van der Waals surface area contributed by atoms with Crippen LogP contribution < -0.4 is 0 Å². The monoisotopic (exact) mass is 239 g/mol. The van der Waals surface area contributed by atoms with Crippen LogP contribution >= 0.6 is 11.5 Å². The molecule has 2 aromatic carbocycles. The van der Waals surface area contributed by atoms with Crippen LogP contribution in [0.1, 0.15) is 11.3 Å². The van der Waals surface area contributed by atoms with Crippen molar-refractivity contribution in [1.82, 2.24) is 4.37 Å². The van der Waals surface area contributed by atoms with E-state index in [4.69, 9.17) is 0 Å². The summed E-state index contributed by atoms with van der Waals surface area (Å²) in [5.74, 6) is 0. The van der Waals surface area contributed by atoms with Gasteiger partial charge in [0.25, 0.3) is 0 Å². The van der Waals surface area contributed by atoms with Gasteiger partial charge in [-0.3, -0.25) is 0 Å². The largest absolute Gasteiger partial charge is 0.196 e. The predicted molar refractivity (Wildman–Crippen MR) is 73.5 cm³/mol. The second kappa shape index (κ2) is 4.68. The highest BCUT2D eigenvalue weighted by Gasteiger charge is 2.04. The second-order valence-corrected chi connectivity index (χ2v) is 4.92. The van der Waals surface area contributed by atoms with E-state index in [9.17, 15) is 0 Å². The molecule has 0 radical (unpaired) electrons. The zero-order chi connectivity index (χ0) is 11.5. The Morgan fingerprint density at radius 2 is 1.59 bits per heavy atom. The van der Waals surface area contributed by atoms with Gasteiger partial charge >= 0.3 is 0 Å². The molecule has 1 heterocycles. The van der Waals surface area contributed by atoms with E-state index in [1.807, 2.05) is 0 Å². The molecule has 84 valence electrons. The molecular weight excluding hydrogens is 226 g/mol. The molecule has 0 bridgehead atoms. The lowest BCUT2D eigenvalue weighted by Crippen LogP contribution is -1.91. The number of fused-ring (bicyclic) bond motifs is 1. The Morgan fingerprint density at radius 1 is 0.824 bits per heavy atom. The summed E-state index contributed by atoms with van der Waals surface area (Å²) in [6.07, 6.45) is 2.09. The molecule has 0 saturated heterocycles. The van der Waals surface area contributed by atoms with Crippen LogP contribution in [-0.2, 0) is 12.8 Å². The van der Waals surface area contributed by atoms with E-state index in [-0.39, 0.29) is 0 Å². The summed E-state index contributed by atoms with van der Waals surface area (Å²) in [6.45, 7) is 0. The van der Waals surface area contributed by atoms with Crippen LogP contribution in [-0.4, -0.2) is 4.37 Å². The molecule has 3 aromatic rings. The number of rotatable bonds is 3. The Hall–Kier alpha value is -1.67. The van der Waals surface area contributed by atoms with Crippen LogP contribution in [0.25, 0.3) is 10.1 Å². The number of aromatic nitrogens is 1. The van der Waals surface area contributed by atoms with Gasteiger partial charge in [0.05, 0.1) is 10.4 Å². The summed E-state index contributed by atoms with van der Waals surface area (Å²) in [6, 6.07) is 19.1. The third kappa shape index (κ3) is 2.22. The highest BCUT2D eigenvalue weighted by atomic mass is 32.1. The van der Waals surface area contributed by atoms with Crippen molar-refractivity contribution < 1.29 is 0 Å². The summed E-state index contributed by atoms with van der Waals surface area (Å²) in [5.41, 5.74) is 2.61. The fraction of sp³-hybridized carbons (Fsp3) is 0.133. The number of benzene rings is 2. The van der Waals surface area contributed by atoms with Crippen LogP contribution in [0.15, 0.2) is 54.6 Å². The van der Waals surface area contributed by atoms with E-state index in [2.05, 4.69) is 59.0 Å². The molecule has 2 heteroatoms. The van der Waals surface area contributed by atoms with Crippen molar-refractivity contribution in [3.8, 4) is 0 Å². The van der Waals surface area contributed by atoms with Gasteiger partial charge < -0.3 is 0 Å². The maximum absolute atomic E-state index is 4.55. The van der Waals surface area contributed by atoms with Crippen LogP contribution in [0.2, 0.25) is 0 Å². The number of aryl methyl sites for hydroxylation is 2. The Balaban J connectivity index is 1.82. The van der Waals surface area contributed by atoms with Gasteiger partial charge in [0.1, 0.15) is 0 Å². The first-order valence-electron chi connectivity index (χ1n) is 5.81. The van der Waals surface area contributed by atoms with E-state index in [1.54, 1.807) is 11.5 Å². The first kappa shape index (κ1) is 10.5. The van der Waals surface area contributed by atoms with Crippen LogP contribution in [0.5, 0.6) is 0 Å². The third-order valence-corrected chi connectivity index (χ3v) is 3.81. The maximum Gasteiger partial charge on any atom is 0.0624 e. The van der Waals surface area contributed by atoms with Crippen molar-refractivity contribution in [2.45, 2.75) is 12.8 Å². The molecule has 1 nitrogen and oxygen atoms in total. The highest BCUT2D eigenvalue weighted by molar-refractivity contribution is 7.13. The van der Waals surface area contributed by atoms with E-state index in [0.717, 1.165) is 12.8 Å². The fourth-order valence-electron chi connectivity index (χ4n) is 2.03. The van der Waals surface area contributed by atoms with Crippen LogP contribution in [0.3, 0.4) is 0 Å². The first-order chi connectivity index (χ1) is 8.43. The average molecular weight is 239 g/mol. The molecule has 1 aromatic heterocycles. The van der Waals surface area contributed by atoms with Gasteiger partial charge in [-0.25, -0.2) is 0 Å². The first-order valence-corrected chi connectivity index (χ1v) is 6.58. The zero-order valence-electron chi connectivity index (χ0n) is 9.47. The fourth-order valence-corrected chi connectivity index (χ4v) is 2.85. The number of hydrogen-bond acceptors (Lipinski definition) is 2. The molecule has 17 heavy (non-hydrogen) atoms. The molecule has 0 saturated carbocycles. The van der Waals surface area contributed by atoms with E-state index in [1.165, 1.54) is 21.3 Å². The minimum atomic E-state index is 1.02. The van der Waals surface area contributed by atoms with Crippen LogP contribution in [0.4, 0.5) is 0 Å². The van der Waals surface area contributed by atoms with Crippen molar-refractivity contribution in [2.24, 2.45) is 0 Å². The minimum absolute atomic E-state index is 1.02. The van der Waals surface area contributed by atoms with Gasteiger partial charge in [0, 0.05) is 5.39 Å². The summed E-state index contributed by atoms with van der Waals surface area (Å²) in [5, 5.41) is 1.31. The zero-order valence-corrected chi connectivity index (χ0v) is 10.3. The average Bonchev–Trinajstić information content (AvgIpc) is 2.81. The maximum atomic E-state index is 4.55. The standard InChI is InChI=1S/C15H13NS/c1-2-6-12(7-3-1)10-11-14-13-8-4-5-9-15(13)17-16-14/h1-9H,10-11H2. The normalized spacial score (nSPS) is 10.8. The third-order valence-electron chi connectivity index (χ3n) is 2.95. The molecule has 0 aliphatic rings. The Labute approximate surface area is 105 Å². The van der Waals surface area contributed by atoms with Gasteiger partial charge in [-0.2, -0.15) is 4.37 Å². The molecule has 0 atom stereocenters. The molecule has 3 rings (SSSR count). The van der Waals surface area contributed by atoms with Crippen molar-refractivity contribution >= 4 is 21.6 Å². The summed E-state index contributed by atoms with van der Waals surface area (Å²) >= 11 is 1.60. The van der Waals surface area contributed by atoms with Gasteiger partial charge in [-0.1, -0.05) is 48.5 Å². The molecule has 0 amide bonds. The van der Waals surface area contributed by atoms with Gasteiger partial charge in [-0.05, 0) is 36.0 Å². The molecule has 0 N–H and O–H groups in total. The Bertz CT molecular complexity index is 613. The number of hydrogen-bond donors (Lipinski definition) is 0. The van der Waals surface area contributed by atoms with Crippen molar-refractivity contribution in [1.29, 1.82) is 0 Å². The van der Waals surface area contributed by atoms with Crippen molar-refractivity contribution in [3.63, 3.8) is 0 Å². The lowest BCUT2D eigenvalue weighted by atomic mass is 10.1. The number of nitrogens with zero attached hydrogens (tertiary/aromatic N) is 1. The van der Waals surface area contributed by atoms with E-state index < -0.39 is 0 Å². The molecule has 0 aliphatic heterocycles. The quantitative estimate of drug-likeness (QED) is 0.671. The van der Waals surface area contributed by atoms with Gasteiger partial charge in [0.2, 0.25) is 0 Å². The summed E-state index contributed by atoms with van der Waals surface area (Å²) in [7, 11) is 0. The predicted octanol–water partition coefficient (Wildman–Crippen LogP) is 4.08. The highest BCUT2D eigenvalue weighted by Crippen LogP contribution is 2.23. The van der Waals surface area contributed by atoms with E-state index >= 15 is 0 Å². The SMILES string of the molecule is c1ccc(CCc2nsc3ccccc23)cc1. The Kier molecular flexibility index (Phi) is 2.88. The lowest BCUT2D eigenvalue weighted by molar-refractivity contribution is 0.943. The molecule has 0 spiro atoms. The van der Waals surface area contributed by atoms with Gasteiger partial charge in [-0.15, -0.1) is 0 Å². The summed E-state index contributed by atoms with van der Waals surface area (Å²) in [4.78, 5) is 0. The molecule has 0 fully saturated rings.